The van der Waals surface area contributed by atoms with Crippen LogP contribution in [0.3, 0.4) is 0 Å². The van der Waals surface area contributed by atoms with E-state index in [0.717, 1.165) is 12.8 Å². The molecule has 0 amide bonds. The molecule has 1 fully saturated rings. The second-order valence-corrected chi connectivity index (χ2v) is 14.3. The predicted molar refractivity (Wildman–Crippen MR) is 129 cm³/mol. The number of carbonyl (C=O) groups excluding carboxylic acids is 2. The topological polar surface area (TPSA) is 61.8 Å². The van der Waals surface area contributed by atoms with Crippen molar-refractivity contribution >= 4 is 30.6 Å². The molecule has 4 rings (SSSR count). The van der Waals surface area contributed by atoms with Crippen molar-refractivity contribution in [2.24, 2.45) is 17.8 Å². The van der Waals surface area contributed by atoms with E-state index in [1.807, 2.05) is 12.1 Å². The van der Waals surface area contributed by atoms with E-state index in [1.54, 1.807) is 0 Å². The summed E-state index contributed by atoms with van der Waals surface area (Å²) in [6.45, 7) is 7.16. The summed E-state index contributed by atoms with van der Waals surface area (Å²) < 4.78 is 17.3. The van der Waals surface area contributed by atoms with Gasteiger partial charge in [0.25, 0.3) is 8.32 Å². The third-order valence-electron chi connectivity index (χ3n) is 7.12. The average molecular weight is 465 g/mol. The van der Waals surface area contributed by atoms with Crippen LogP contribution in [-0.2, 0) is 23.5 Å². The molecule has 0 spiro atoms. The maximum atomic E-state index is 12.7. The minimum absolute atomic E-state index is 0.0162. The van der Waals surface area contributed by atoms with Crippen LogP contribution in [0.1, 0.15) is 33.6 Å². The molecule has 1 aliphatic heterocycles. The zero-order chi connectivity index (χ0) is 23.6. The fourth-order valence-corrected chi connectivity index (χ4v) is 10.2. The van der Waals surface area contributed by atoms with Gasteiger partial charge in [0, 0.05) is 12.5 Å². The number of hydrogen-bond donors (Lipinski definition) is 0. The van der Waals surface area contributed by atoms with Crippen molar-refractivity contribution < 1.29 is 23.5 Å². The van der Waals surface area contributed by atoms with Gasteiger partial charge in [0.2, 0.25) is 0 Å². The number of carbonyl (C=O) groups is 2. The normalized spacial score (nSPS) is 22.8. The fourth-order valence-electron chi connectivity index (χ4n) is 5.57. The van der Waals surface area contributed by atoms with Crippen molar-refractivity contribution in [3.8, 4) is 0 Å². The van der Waals surface area contributed by atoms with Gasteiger partial charge in [-0.3, -0.25) is 4.79 Å². The molecular formula is C27H32O5Si. The van der Waals surface area contributed by atoms with Crippen molar-refractivity contribution in [1.82, 2.24) is 0 Å². The molecule has 0 N–H and O–H groups in total. The van der Waals surface area contributed by atoms with Gasteiger partial charge in [-0.05, 0) is 34.2 Å². The lowest BCUT2D eigenvalue weighted by Gasteiger charge is -2.44. The fraction of sp³-hybridized carbons (Fsp3) is 0.407. The summed E-state index contributed by atoms with van der Waals surface area (Å²) in [5.41, 5.74) is 0.454. The standard InChI is InChI=1S/C27H32O5Si/c1-27(2,3)33(20-11-7-5-8-12-20,21-13-9-6-10-14-21)32-17-19-15-16-22-23(25(28)30-4)18-31-26(29)24(19)22/h5-14,18-19,22,24H,15-17H2,1-4H3/t19-,22-,24-/m1/s1. The molecule has 2 aromatic carbocycles. The van der Waals surface area contributed by atoms with Gasteiger partial charge in [0.05, 0.1) is 18.6 Å². The highest BCUT2D eigenvalue weighted by atomic mass is 28.4. The van der Waals surface area contributed by atoms with Gasteiger partial charge >= 0.3 is 11.9 Å². The lowest BCUT2D eigenvalue weighted by molar-refractivity contribution is -0.149. The SMILES string of the molecule is COC(=O)C1=COC(=O)[C@@H]2[C@@H](CO[Si](c3ccccc3)(c3ccccc3)C(C)(C)C)CC[C@H]12. The monoisotopic (exact) mass is 464 g/mol. The molecule has 0 saturated heterocycles. The largest absolute Gasteiger partial charge is 0.466 e. The number of rotatable bonds is 6. The quantitative estimate of drug-likeness (QED) is 0.480. The summed E-state index contributed by atoms with van der Waals surface area (Å²) >= 11 is 0. The molecule has 33 heavy (non-hydrogen) atoms. The van der Waals surface area contributed by atoms with Gasteiger partial charge in [-0.15, -0.1) is 0 Å². The van der Waals surface area contributed by atoms with Crippen LogP contribution >= 0.6 is 0 Å². The Balaban J connectivity index is 1.68. The highest BCUT2D eigenvalue weighted by molar-refractivity contribution is 6.99. The Kier molecular flexibility index (Phi) is 6.59. The lowest BCUT2D eigenvalue weighted by atomic mass is 9.84. The highest BCUT2D eigenvalue weighted by Crippen LogP contribution is 2.46. The molecule has 5 nitrogen and oxygen atoms in total. The molecule has 1 aliphatic carbocycles. The summed E-state index contributed by atoms with van der Waals surface area (Å²) in [6.07, 6.45) is 2.83. The molecule has 0 unspecified atom stereocenters. The first-order chi connectivity index (χ1) is 15.8. The summed E-state index contributed by atoms with van der Waals surface area (Å²) in [4.78, 5) is 25.0. The summed E-state index contributed by atoms with van der Waals surface area (Å²) in [5.74, 6) is -1.28. The van der Waals surface area contributed by atoms with Crippen LogP contribution in [0.15, 0.2) is 72.5 Å². The molecule has 0 aromatic heterocycles. The molecule has 6 heteroatoms. The number of benzene rings is 2. The van der Waals surface area contributed by atoms with Crippen molar-refractivity contribution in [2.75, 3.05) is 13.7 Å². The Morgan fingerprint density at radius 1 is 1.00 bits per heavy atom. The number of hydrogen-bond acceptors (Lipinski definition) is 5. The Hall–Kier alpha value is -2.70. The van der Waals surface area contributed by atoms with E-state index in [9.17, 15) is 9.59 Å². The summed E-state index contributed by atoms with van der Waals surface area (Å²) in [6, 6.07) is 20.9. The molecule has 0 radical (unpaired) electrons. The van der Waals surface area contributed by atoms with Gasteiger partial charge in [0.1, 0.15) is 6.26 Å². The lowest BCUT2D eigenvalue weighted by Crippen LogP contribution is -2.67. The molecule has 1 heterocycles. The Labute approximate surface area is 196 Å². The number of cyclic esters (lactones) is 1. The molecule has 1 saturated carbocycles. The Morgan fingerprint density at radius 2 is 1.58 bits per heavy atom. The number of methoxy groups -OCH3 is 1. The van der Waals surface area contributed by atoms with Crippen LogP contribution < -0.4 is 10.4 Å². The maximum Gasteiger partial charge on any atom is 0.337 e. The highest BCUT2D eigenvalue weighted by Gasteiger charge is 2.53. The van der Waals surface area contributed by atoms with E-state index in [4.69, 9.17) is 13.9 Å². The molecule has 0 bridgehead atoms. The van der Waals surface area contributed by atoms with Crippen molar-refractivity contribution in [3.63, 3.8) is 0 Å². The van der Waals surface area contributed by atoms with Gasteiger partial charge in [0.15, 0.2) is 0 Å². The van der Waals surface area contributed by atoms with Crippen molar-refractivity contribution in [3.05, 3.63) is 72.5 Å². The molecule has 2 aromatic rings. The summed E-state index contributed by atoms with van der Waals surface area (Å²) in [5, 5.41) is 2.27. The van der Waals surface area contributed by atoms with Gasteiger partial charge in [-0.1, -0.05) is 81.4 Å². The third-order valence-corrected chi connectivity index (χ3v) is 12.1. The Morgan fingerprint density at radius 3 is 2.09 bits per heavy atom. The van der Waals surface area contributed by atoms with Crippen LogP contribution in [0.5, 0.6) is 0 Å². The maximum absolute atomic E-state index is 12.7. The van der Waals surface area contributed by atoms with Crippen LogP contribution in [0, 0.1) is 17.8 Å². The Bertz CT molecular complexity index is 986. The second-order valence-electron chi connectivity index (χ2n) is 9.95. The van der Waals surface area contributed by atoms with E-state index >= 15 is 0 Å². The number of esters is 2. The second kappa shape index (κ2) is 9.27. The van der Waals surface area contributed by atoms with Crippen LogP contribution in [0.4, 0.5) is 0 Å². The molecule has 2 aliphatic rings. The minimum atomic E-state index is -2.70. The van der Waals surface area contributed by atoms with Crippen LogP contribution in [0.2, 0.25) is 5.04 Å². The van der Waals surface area contributed by atoms with E-state index in [0.29, 0.717) is 12.2 Å². The van der Waals surface area contributed by atoms with Crippen molar-refractivity contribution in [1.29, 1.82) is 0 Å². The van der Waals surface area contributed by atoms with E-state index in [1.165, 1.54) is 23.7 Å². The smallest absolute Gasteiger partial charge is 0.337 e. The van der Waals surface area contributed by atoms with E-state index in [-0.39, 0.29) is 28.8 Å². The minimum Gasteiger partial charge on any atom is -0.466 e. The first kappa shape index (κ1) is 23.5. The van der Waals surface area contributed by atoms with Crippen molar-refractivity contribution in [2.45, 2.75) is 38.7 Å². The van der Waals surface area contributed by atoms with Crippen LogP contribution in [0.25, 0.3) is 0 Å². The van der Waals surface area contributed by atoms with Gasteiger partial charge < -0.3 is 13.9 Å². The van der Waals surface area contributed by atoms with Crippen LogP contribution in [-0.4, -0.2) is 34.0 Å². The zero-order valence-electron chi connectivity index (χ0n) is 19.7. The predicted octanol–water partition coefficient (Wildman–Crippen LogP) is 3.82. The number of fused-ring (bicyclic) bond motifs is 1. The van der Waals surface area contributed by atoms with Gasteiger partial charge in [-0.25, -0.2) is 4.79 Å². The summed E-state index contributed by atoms with van der Waals surface area (Å²) in [7, 11) is -1.35. The molecule has 3 atom stereocenters. The van der Waals surface area contributed by atoms with E-state index in [2.05, 4.69) is 69.3 Å². The first-order valence-corrected chi connectivity index (χ1v) is 13.4. The first-order valence-electron chi connectivity index (χ1n) is 11.5. The third kappa shape index (κ3) is 4.18. The van der Waals surface area contributed by atoms with E-state index < -0.39 is 14.3 Å². The molecular weight excluding hydrogens is 432 g/mol. The van der Waals surface area contributed by atoms with Gasteiger partial charge in [-0.2, -0.15) is 0 Å². The zero-order valence-corrected chi connectivity index (χ0v) is 20.7. The average Bonchev–Trinajstić information content (AvgIpc) is 3.25. The molecule has 174 valence electrons. The number of ether oxygens (including phenoxy) is 2.